The van der Waals surface area contributed by atoms with E-state index in [1.54, 1.807) is 12.1 Å². The van der Waals surface area contributed by atoms with Crippen LogP contribution in [0, 0.1) is 13.8 Å². The van der Waals surface area contributed by atoms with E-state index in [1.165, 1.54) is 0 Å². The van der Waals surface area contributed by atoms with Crippen LogP contribution in [0.3, 0.4) is 0 Å². The second kappa shape index (κ2) is 5.66. The number of aromatic carboxylic acids is 1. The molecule has 0 aliphatic heterocycles. The average Bonchev–Trinajstić information content (AvgIpc) is 2.60. The molecule has 20 heavy (non-hydrogen) atoms. The summed E-state index contributed by atoms with van der Waals surface area (Å²) in [6, 6.07) is 5.05. The summed E-state index contributed by atoms with van der Waals surface area (Å²) in [7, 11) is 1.91. The summed E-state index contributed by atoms with van der Waals surface area (Å²) >= 11 is 3.32. The van der Waals surface area contributed by atoms with E-state index in [0.29, 0.717) is 6.54 Å². The lowest BCUT2D eigenvalue weighted by Gasteiger charge is -2.09. The third-order valence-corrected chi connectivity index (χ3v) is 3.73. The quantitative estimate of drug-likeness (QED) is 0.899. The number of nitrogens with one attached hydrogen (secondary N) is 1. The molecule has 0 radical (unpaired) electrons. The maximum atomic E-state index is 11.0. The molecule has 2 N–H and O–H groups in total. The van der Waals surface area contributed by atoms with E-state index in [0.717, 1.165) is 27.1 Å². The van der Waals surface area contributed by atoms with Crippen LogP contribution in [-0.4, -0.2) is 20.9 Å². The summed E-state index contributed by atoms with van der Waals surface area (Å²) < 4.78 is 2.58. The number of halogens is 1. The third kappa shape index (κ3) is 3.01. The highest BCUT2D eigenvalue weighted by atomic mass is 79.9. The highest BCUT2D eigenvalue weighted by Crippen LogP contribution is 2.21. The first-order valence-corrected chi connectivity index (χ1v) is 6.94. The van der Waals surface area contributed by atoms with E-state index in [9.17, 15) is 4.79 Å². The van der Waals surface area contributed by atoms with Crippen molar-refractivity contribution in [2.45, 2.75) is 20.4 Å². The number of carboxylic acids is 1. The Morgan fingerprint density at radius 2 is 2.10 bits per heavy atom. The van der Waals surface area contributed by atoms with Crippen molar-refractivity contribution in [1.82, 2.24) is 9.78 Å². The molecule has 5 nitrogen and oxygen atoms in total. The molecule has 0 atom stereocenters. The van der Waals surface area contributed by atoms with Gasteiger partial charge in [-0.3, -0.25) is 4.68 Å². The van der Waals surface area contributed by atoms with Gasteiger partial charge in [0.2, 0.25) is 0 Å². The van der Waals surface area contributed by atoms with Crippen LogP contribution in [-0.2, 0) is 13.6 Å². The highest BCUT2D eigenvalue weighted by Gasteiger charge is 2.10. The molecule has 6 heteroatoms. The lowest BCUT2D eigenvalue weighted by atomic mass is 10.1. The smallest absolute Gasteiger partial charge is 0.335 e. The molecule has 1 aromatic carbocycles. The van der Waals surface area contributed by atoms with Crippen LogP contribution in [0.25, 0.3) is 0 Å². The second-order valence-electron chi connectivity index (χ2n) is 4.66. The van der Waals surface area contributed by atoms with Crippen molar-refractivity contribution in [2.24, 2.45) is 7.05 Å². The monoisotopic (exact) mass is 337 g/mol. The van der Waals surface area contributed by atoms with Gasteiger partial charge in [-0.2, -0.15) is 5.10 Å². The maximum absolute atomic E-state index is 11.0. The fourth-order valence-corrected chi connectivity index (χ4v) is 2.57. The molecule has 1 heterocycles. The number of hydrogen-bond donors (Lipinski definition) is 2. The summed E-state index contributed by atoms with van der Waals surface area (Å²) in [6.07, 6.45) is 0. The first-order valence-electron chi connectivity index (χ1n) is 6.15. The van der Waals surface area contributed by atoms with E-state index in [2.05, 4.69) is 26.3 Å². The minimum Gasteiger partial charge on any atom is -0.478 e. The zero-order chi connectivity index (χ0) is 14.9. The fraction of sp³-hybridized carbons (Fsp3) is 0.286. The predicted octanol–water partition coefficient (Wildman–Crippen LogP) is 3.11. The van der Waals surface area contributed by atoms with Crippen LogP contribution >= 0.6 is 15.9 Å². The average molecular weight is 338 g/mol. The molecular formula is C14H16BrN3O2. The first kappa shape index (κ1) is 14.6. The van der Waals surface area contributed by atoms with E-state index < -0.39 is 5.97 Å². The van der Waals surface area contributed by atoms with E-state index in [4.69, 9.17) is 5.11 Å². The van der Waals surface area contributed by atoms with Crippen LogP contribution in [0.5, 0.6) is 0 Å². The topological polar surface area (TPSA) is 67.2 Å². The first-order chi connectivity index (χ1) is 9.38. The van der Waals surface area contributed by atoms with Crippen LogP contribution in [0.4, 0.5) is 5.69 Å². The summed E-state index contributed by atoms with van der Waals surface area (Å²) in [5.74, 6) is -0.942. The number of aromatic nitrogens is 2. The molecule has 0 aliphatic carbocycles. The van der Waals surface area contributed by atoms with E-state index >= 15 is 0 Å². The van der Waals surface area contributed by atoms with Crippen molar-refractivity contribution in [2.75, 3.05) is 5.32 Å². The minimum atomic E-state index is -0.942. The van der Waals surface area contributed by atoms with Gasteiger partial charge >= 0.3 is 5.97 Å². The number of anilines is 1. The Balaban J connectivity index is 2.21. The lowest BCUT2D eigenvalue weighted by molar-refractivity contribution is 0.0697. The minimum absolute atomic E-state index is 0.251. The zero-order valence-corrected chi connectivity index (χ0v) is 13.2. The number of carboxylic acid groups (broad SMARTS) is 1. The molecule has 106 valence electrons. The van der Waals surface area contributed by atoms with Gasteiger partial charge in [0, 0.05) is 35.0 Å². The van der Waals surface area contributed by atoms with Crippen molar-refractivity contribution < 1.29 is 9.90 Å². The van der Waals surface area contributed by atoms with Crippen LogP contribution in [0.2, 0.25) is 0 Å². The third-order valence-electron chi connectivity index (χ3n) is 3.27. The van der Waals surface area contributed by atoms with Crippen LogP contribution in [0.15, 0.2) is 22.7 Å². The Hall–Kier alpha value is -1.82. The maximum Gasteiger partial charge on any atom is 0.335 e. The second-order valence-corrected chi connectivity index (χ2v) is 5.58. The molecule has 0 unspecified atom stereocenters. The number of rotatable bonds is 4. The normalized spacial score (nSPS) is 10.6. The van der Waals surface area contributed by atoms with Crippen molar-refractivity contribution >= 4 is 27.6 Å². The Morgan fingerprint density at radius 1 is 1.40 bits per heavy atom. The van der Waals surface area contributed by atoms with Gasteiger partial charge in [-0.05, 0) is 32.0 Å². The summed E-state index contributed by atoms with van der Waals surface area (Å²) in [4.78, 5) is 11.0. The van der Waals surface area contributed by atoms with Gasteiger partial charge in [-0.15, -0.1) is 0 Å². The Bertz CT molecular complexity index is 665. The Labute approximate surface area is 125 Å². The molecule has 0 spiro atoms. The zero-order valence-electron chi connectivity index (χ0n) is 11.6. The predicted molar refractivity (Wildman–Crippen MR) is 81.1 cm³/mol. The highest BCUT2D eigenvalue weighted by molar-refractivity contribution is 9.10. The Kier molecular flexibility index (Phi) is 4.13. The van der Waals surface area contributed by atoms with E-state index in [1.807, 2.05) is 31.6 Å². The van der Waals surface area contributed by atoms with Gasteiger partial charge in [0.05, 0.1) is 11.3 Å². The molecule has 0 fully saturated rings. The van der Waals surface area contributed by atoms with Crippen molar-refractivity contribution in [3.8, 4) is 0 Å². The van der Waals surface area contributed by atoms with Gasteiger partial charge < -0.3 is 10.4 Å². The largest absolute Gasteiger partial charge is 0.478 e. The van der Waals surface area contributed by atoms with Crippen molar-refractivity contribution in [3.63, 3.8) is 0 Å². The SMILES string of the molecule is Cc1nn(C)c(C)c1CNc1cc(Br)cc(C(=O)O)c1. The molecule has 0 bridgehead atoms. The molecule has 2 aromatic rings. The standard InChI is InChI=1S/C14H16BrN3O2/c1-8-13(9(2)18(3)17-8)7-16-12-5-10(14(19)20)4-11(15)6-12/h4-6,16H,7H2,1-3H3,(H,19,20). The van der Waals surface area contributed by atoms with Crippen molar-refractivity contribution in [1.29, 1.82) is 0 Å². The van der Waals surface area contributed by atoms with Gasteiger partial charge in [0.25, 0.3) is 0 Å². The number of nitrogens with zero attached hydrogens (tertiary/aromatic N) is 2. The molecule has 0 aliphatic rings. The van der Waals surface area contributed by atoms with Crippen LogP contribution in [0.1, 0.15) is 27.3 Å². The summed E-state index contributed by atoms with van der Waals surface area (Å²) in [5.41, 5.74) is 4.22. The number of aryl methyl sites for hydroxylation is 2. The van der Waals surface area contributed by atoms with Gasteiger partial charge in [-0.1, -0.05) is 15.9 Å². The number of hydrogen-bond acceptors (Lipinski definition) is 3. The van der Waals surface area contributed by atoms with Gasteiger partial charge in [0.1, 0.15) is 0 Å². The molecule has 0 amide bonds. The molecule has 0 saturated heterocycles. The summed E-state index contributed by atoms with van der Waals surface area (Å²) in [5, 5.41) is 16.7. The number of carbonyl (C=O) groups is 1. The van der Waals surface area contributed by atoms with E-state index in [-0.39, 0.29) is 5.56 Å². The lowest BCUT2D eigenvalue weighted by Crippen LogP contribution is -2.04. The molecule has 0 saturated carbocycles. The van der Waals surface area contributed by atoms with Crippen molar-refractivity contribution in [3.05, 3.63) is 45.2 Å². The molecule has 2 rings (SSSR count). The molecule has 1 aromatic heterocycles. The van der Waals surface area contributed by atoms with Gasteiger partial charge in [0.15, 0.2) is 0 Å². The van der Waals surface area contributed by atoms with Crippen LogP contribution < -0.4 is 5.32 Å². The fourth-order valence-electron chi connectivity index (χ4n) is 2.08. The number of benzene rings is 1. The van der Waals surface area contributed by atoms with Gasteiger partial charge in [-0.25, -0.2) is 4.79 Å². The summed E-state index contributed by atoms with van der Waals surface area (Å²) in [6.45, 7) is 4.59. The Morgan fingerprint density at radius 3 is 2.65 bits per heavy atom. The molecular weight excluding hydrogens is 322 g/mol.